The number of halogens is 2. The van der Waals surface area contributed by atoms with Gasteiger partial charge in [-0.2, -0.15) is 0 Å². The normalized spacial score (nSPS) is 20.7. The number of benzene rings is 1. The molecular weight excluding hydrogens is 343 g/mol. The first-order valence-electron chi connectivity index (χ1n) is 6.81. The topological polar surface area (TPSA) is 76.7 Å². The Kier molecular flexibility index (Phi) is 5.87. The monoisotopic (exact) mass is 358 g/mol. The predicted molar refractivity (Wildman–Crippen MR) is 86.3 cm³/mol. The fraction of sp³-hybridized carbons (Fsp3) is 0.333. The molecule has 2 atom stereocenters. The molecule has 0 aromatic heterocycles. The second kappa shape index (κ2) is 7.68. The van der Waals surface area contributed by atoms with Crippen molar-refractivity contribution in [1.29, 1.82) is 0 Å². The zero-order valence-electron chi connectivity index (χ0n) is 12.4. The molecule has 2 amide bonds. The molecule has 0 spiro atoms. The van der Waals surface area contributed by atoms with E-state index in [0.29, 0.717) is 15.6 Å². The number of ether oxygens (including phenoxy) is 2. The lowest BCUT2D eigenvalue weighted by Crippen LogP contribution is -2.51. The summed E-state index contributed by atoms with van der Waals surface area (Å²) in [7, 11) is 1.51. The van der Waals surface area contributed by atoms with Gasteiger partial charge in [-0.3, -0.25) is 4.79 Å². The van der Waals surface area contributed by atoms with Gasteiger partial charge in [0.15, 0.2) is 0 Å². The Bertz CT molecular complexity index is 636. The zero-order chi connectivity index (χ0) is 17.0. The Balaban J connectivity index is 2.29. The van der Waals surface area contributed by atoms with Crippen molar-refractivity contribution >= 4 is 35.2 Å². The molecule has 0 unspecified atom stereocenters. The Morgan fingerprint density at radius 1 is 1.35 bits per heavy atom. The van der Waals surface area contributed by atoms with E-state index >= 15 is 0 Å². The van der Waals surface area contributed by atoms with Gasteiger partial charge in [0.2, 0.25) is 0 Å². The highest BCUT2D eigenvalue weighted by molar-refractivity contribution is 6.35. The fourth-order valence-corrected chi connectivity index (χ4v) is 2.82. The minimum atomic E-state index is -0.816. The van der Waals surface area contributed by atoms with Crippen LogP contribution in [0.1, 0.15) is 11.6 Å². The van der Waals surface area contributed by atoms with Crippen molar-refractivity contribution in [3.8, 4) is 0 Å². The largest absolute Gasteiger partial charge is 0.463 e. The van der Waals surface area contributed by atoms with Crippen LogP contribution >= 0.6 is 23.2 Å². The van der Waals surface area contributed by atoms with Crippen LogP contribution in [0, 0.1) is 5.92 Å². The summed E-state index contributed by atoms with van der Waals surface area (Å²) < 4.78 is 10.0. The summed E-state index contributed by atoms with van der Waals surface area (Å²) in [4.78, 5) is 24.1. The van der Waals surface area contributed by atoms with Crippen molar-refractivity contribution in [2.45, 2.75) is 6.04 Å². The maximum absolute atomic E-state index is 12.4. The van der Waals surface area contributed by atoms with Gasteiger partial charge in [-0.15, -0.1) is 0 Å². The third kappa shape index (κ3) is 4.16. The molecule has 1 aliphatic heterocycles. The SMILES string of the molecule is C=C1NC(=O)N[C@H](c2ccc(Cl)cc2Cl)[C@H]1C(=O)OCCOC. The average Bonchev–Trinajstić information content (AvgIpc) is 2.46. The van der Waals surface area contributed by atoms with Crippen molar-refractivity contribution in [1.82, 2.24) is 10.6 Å². The van der Waals surface area contributed by atoms with Crippen LogP contribution < -0.4 is 10.6 Å². The number of nitrogens with one attached hydrogen (secondary N) is 2. The van der Waals surface area contributed by atoms with Crippen LogP contribution in [0.25, 0.3) is 0 Å². The highest BCUT2D eigenvalue weighted by Gasteiger charge is 2.39. The number of amides is 2. The summed E-state index contributed by atoms with van der Waals surface area (Å²) in [6.45, 7) is 4.13. The standard InChI is InChI=1S/C15H16Cl2N2O4/c1-8-12(14(20)23-6-5-22-2)13(19-15(21)18-8)10-4-3-9(16)7-11(10)17/h3-4,7,12-13H,1,5-6H2,2H3,(H2,18,19,21)/t12-,13+/m0/s1. The van der Waals surface area contributed by atoms with Crippen LogP contribution in [0.3, 0.4) is 0 Å². The summed E-state index contributed by atoms with van der Waals surface area (Å²) in [6, 6.07) is 3.67. The molecule has 1 aliphatic rings. The molecule has 2 N–H and O–H groups in total. The van der Waals surface area contributed by atoms with Gasteiger partial charge in [0, 0.05) is 22.9 Å². The Morgan fingerprint density at radius 3 is 2.74 bits per heavy atom. The van der Waals surface area contributed by atoms with Gasteiger partial charge < -0.3 is 20.1 Å². The van der Waals surface area contributed by atoms with Gasteiger partial charge in [0.1, 0.15) is 12.5 Å². The van der Waals surface area contributed by atoms with Crippen LogP contribution in [-0.4, -0.2) is 32.3 Å². The molecule has 1 heterocycles. The summed E-state index contributed by atoms with van der Waals surface area (Å²) in [5.74, 6) is -1.35. The molecule has 6 nitrogen and oxygen atoms in total. The Morgan fingerprint density at radius 2 is 2.09 bits per heavy atom. The Hall–Kier alpha value is -1.76. The summed E-state index contributed by atoms with van der Waals surface area (Å²) >= 11 is 12.1. The number of rotatable bonds is 5. The maximum Gasteiger partial charge on any atom is 0.319 e. The molecule has 1 aromatic carbocycles. The number of methoxy groups -OCH3 is 1. The van der Waals surface area contributed by atoms with Crippen molar-refractivity contribution in [3.05, 3.63) is 46.1 Å². The van der Waals surface area contributed by atoms with Crippen molar-refractivity contribution in [2.24, 2.45) is 5.92 Å². The summed E-state index contributed by atoms with van der Waals surface area (Å²) in [5.41, 5.74) is 0.799. The molecule has 23 heavy (non-hydrogen) atoms. The highest BCUT2D eigenvalue weighted by atomic mass is 35.5. The lowest BCUT2D eigenvalue weighted by Gasteiger charge is -2.33. The van der Waals surface area contributed by atoms with Gasteiger partial charge in [0.25, 0.3) is 0 Å². The minimum absolute atomic E-state index is 0.105. The van der Waals surface area contributed by atoms with Crippen LogP contribution in [0.4, 0.5) is 4.79 Å². The van der Waals surface area contributed by atoms with Gasteiger partial charge in [-0.05, 0) is 17.7 Å². The lowest BCUT2D eigenvalue weighted by molar-refractivity contribution is -0.149. The number of hydrogen-bond donors (Lipinski definition) is 2. The van der Waals surface area contributed by atoms with Gasteiger partial charge >= 0.3 is 12.0 Å². The van der Waals surface area contributed by atoms with E-state index in [-0.39, 0.29) is 18.9 Å². The second-order valence-electron chi connectivity index (χ2n) is 4.91. The van der Waals surface area contributed by atoms with E-state index in [1.54, 1.807) is 18.2 Å². The quantitative estimate of drug-likeness (QED) is 0.626. The second-order valence-corrected chi connectivity index (χ2v) is 5.75. The number of carbonyl (C=O) groups excluding carboxylic acids is 2. The molecule has 0 aliphatic carbocycles. The molecule has 0 bridgehead atoms. The third-order valence-electron chi connectivity index (χ3n) is 3.35. The van der Waals surface area contributed by atoms with E-state index in [1.165, 1.54) is 7.11 Å². The number of hydrogen-bond acceptors (Lipinski definition) is 4. The molecule has 124 valence electrons. The third-order valence-corrected chi connectivity index (χ3v) is 3.92. The van der Waals surface area contributed by atoms with Crippen LogP contribution in [0.15, 0.2) is 30.5 Å². The van der Waals surface area contributed by atoms with Gasteiger partial charge in [-0.1, -0.05) is 35.8 Å². The Labute approximate surface area is 143 Å². The maximum atomic E-state index is 12.4. The van der Waals surface area contributed by atoms with Crippen LogP contribution in [-0.2, 0) is 14.3 Å². The molecule has 1 aromatic rings. The van der Waals surface area contributed by atoms with E-state index in [2.05, 4.69) is 17.2 Å². The molecule has 0 radical (unpaired) electrons. The fourth-order valence-electron chi connectivity index (χ4n) is 2.29. The van der Waals surface area contributed by atoms with Crippen molar-refractivity contribution in [3.63, 3.8) is 0 Å². The molecule has 0 saturated carbocycles. The summed E-state index contributed by atoms with van der Waals surface area (Å²) in [5, 5.41) is 5.96. The first-order chi connectivity index (χ1) is 10.9. The smallest absolute Gasteiger partial charge is 0.319 e. The molecule has 8 heteroatoms. The molecular formula is C15H16Cl2N2O4. The average molecular weight is 359 g/mol. The van der Waals surface area contributed by atoms with Crippen LogP contribution in [0.2, 0.25) is 10.0 Å². The van der Waals surface area contributed by atoms with Crippen molar-refractivity contribution in [2.75, 3.05) is 20.3 Å². The van der Waals surface area contributed by atoms with E-state index in [4.69, 9.17) is 32.7 Å². The number of carbonyl (C=O) groups is 2. The number of esters is 1. The highest BCUT2D eigenvalue weighted by Crippen LogP contribution is 2.35. The molecule has 1 fully saturated rings. The number of urea groups is 1. The van der Waals surface area contributed by atoms with E-state index in [0.717, 1.165) is 0 Å². The predicted octanol–water partition coefficient (Wildman–Crippen LogP) is 2.67. The lowest BCUT2D eigenvalue weighted by atomic mass is 9.89. The van der Waals surface area contributed by atoms with E-state index < -0.39 is 24.0 Å². The van der Waals surface area contributed by atoms with E-state index in [9.17, 15) is 9.59 Å². The minimum Gasteiger partial charge on any atom is -0.463 e. The first-order valence-corrected chi connectivity index (χ1v) is 7.56. The molecule has 1 saturated heterocycles. The zero-order valence-corrected chi connectivity index (χ0v) is 13.9. The first kappa shape index (κ1) is 17.6. The van der Waals surface area contributed by atoms with Crippen molar-refractivity contribution < 1.29 is 19.1 Å². The van der Waals surface area contributed by atoms with E-state index in [1.807, 2.05) is 0 Å². The van der Waals surface area contributed by atoms with Gasteiger partial charge in [-0.25, -0.2) is 4.79 Å². The van der Waals surface area contributed by atoms with Crippen LogP contribution in [0.5, 0.6) is 0 Å². The summed E-state index contributed by atoms with van der Waals surface area (Å²) in [6.07, 6.45) is 0. The van der Waals surface area contributed by atoms with Gasteiger partial charge in [0.05, 0.1) is 12.6 Å². The molecule has 2 rings (SSSR count).